The molecule has 0 radical (unpaired) electrons. The molecule has 2 aromatic rings. The van der Waals surface area contributed by atoms with Gasteiger partial charge in [0.25, 0.3) is 0 Å². The molecule has 20 heavy (non-hydrogen) atoms. The molecule has 1 N–H and O–H groups in total. The standard InChI is InChI=1S/C12H12N4O3S/c1-8-3-4-10(6-13)5-11(8)20(17,18)14-7-12-15-9(2)19-16-12/h3-5,14H,7H2,1-2H3. The molecule has 1 aromatic heterocycles. The van der Waals surface area contributed by atoms with Crippen LogP contribution in [0, 0.1) is 25.2 Å². The number of sulfonamides is 1. The Hall–Kier alpha value is -2.24. The van der Waals surface area contributed by atoms with Crippen molar-refractivity contribution < 1.29 is 12.9 Å². The first-order chi connectivity index (χ1) is 9.42. The van der Waals surface area contributed by atoms with E-state index in [1.165, 1.54) is 6.07 Å². The maximum absolute atomic E-state index is 12.2. The van der Waals surface area contributed by atoms with E-state index in [-0.39, 0.29) is 22.8 Å². The van der Waals surface area contributed by atoms with E-state index in [0.717, 1.165) is 0 Å². The van der Waals surface area contributed by atoms with Gasteiger partial charge in [0.05, 0.1) is 23.1 Å². The van der Waals surface area contributed by atoms with Gasteiger partial charge in [-0.2, -0.15) is 10.2 Å². The zero-order valence-corrected chi connectivity index (χ0v) is 11.7. The fourth-order valence-electron chi connectivity index (χ4n) is 1.61. The van der Waals surface area contributed by atoms with Crippen molar-refractivity contribution in [1.29, 1.82) is 5.26 Å². The molecule has 0 saturated carbocycles. The van der Waals surface area contributed by atoms with Crippen molar-refractivity contribution in [2.45, 2.75) is 25.3 Å². The van der Waals surface area contributed by atoms with Crippen LogP contribution in [0.2, 0.25) is 0 Å². The molecular weight excluding hydrogens is 280 g/mol. The number of benzene rings is 1. The quantitative estimate of drug-likeness (QED) is 0.901. The Kier molecular flexibility index (Phi) is 3.83. The highest BCUT2D eigenvalue weighted by Crippen LogP contribution is 2.16. The average Bonchev–Trinajstić information content (AvgIpc) is 2.83. The van der Waals surface area contributed by atoms with E-state index in [9.17, 15) is 8.42 Å². The van der Waals surface area contributed by atoms with E-state index in [0.29, 0.717) is 11.5 Å². The summed E-state index contributed by atoms with van der Waals surface area (Å²) in [6, 6.07) is 6.40. The Bertz CT molecular complexity index is 774. The minimum Gasteiger partial charge on any atom is -0.340 e. The molecule has 2 rings (SSSR count). The highest BCUT2D eigenvalue weighted by molar-refractivity contribution is 7.89. The van der Waals surface area contributed by atoms with Crippen LogP contribution in [0.4, 0.5) is 0 Å². The molecule has 0 saturated heterocycles. The second-order valence-electron chi connectivity index (χ2n) is 4.15. The van der Waals surface area contributed by atoms with Crippen LogP contribution in [-0.2, 0) is 16.6 Å². The van der Waals surface area contributed by atoms with Gasteiger partial charge in [0.1, 0.15) is 0 Å². The van der Waals surface area contributed by atoms with E-state index in [1.807, 2.05) is 6.07 Å². The van der Waals surface area contributed by atoms with E-state index in [2.05, 4.69) is 14.9 Å². The summed E-state index contributed by atoms with van der Waals surface area (Å²) < 4.78 is 31.5. The number of nitriles is 1. The molecule has 8 heteroatoms. The van der Waals surface area contributed by atoms with Crippen molar-refractivity contribution in [3.63, 3.8) is 0 Å². The van der Waals surface area contributed by atoms with Gasteiger partial charge in [0.15, 0.2) is 5.82 Å². The van der Waals surface area contributed by atoms with Crippen LogP contribution < -0.4 is 4.72 Å². The summed E-state index contributed by atoms with van der Waals surface area (Å²) in [4.78, 5) is 3.97. The smallest absolute Gasteiger partial charge is 0.241 e. The number of hydrogen-bond donors (Lipinski definition) is 1. The average molecular weight is 292 g/mol. The van der Waals surface area contributed by atoms with Crippen molar-refractivity contribution >= 4 is 10.0 Å². The number of aryl methyl sites for hydroxylation is 2. The Morgan fingerprint density at radius 1 is 1.40 bits per heavy atom. The predicted octanol–water partition coefficient (Wildman–Crippen LogP) is 1.04. The number of nitrogens with zero attached hydrogens (tertiary/aromatic N) is 3. The van der Waals surface area contributed by atoms with E-state index in [4.69, 9.17) is 9.78 Å². The Morgan fingerprint density at radius 3 is 2.75 bits per heavy atom. The van der Waals surface area contributed by atoms with Gasteiger partial charge >= 0.3 is 0 Å². The number of nitrogens with one attached hydrogen (secondary N) is 1. The maximum Gasteiger partial charge on any atom is 0.241 e. The van der Waals surface area contributed by atoms with E-state index < -0.39 is 10.0 Å². The normalized spacial score (nSPS) is 11.2. The maximum atomic E-state index is 12.2. The van der Waals surface area contributed by atoms with Crippen molar-refractivity contribution in [2.75, 3.05) is 0 Å². The topological polar surface area (TPSA) is 109 Å². The molecule has 0 aliphatic heterocycles. The second kappa shape index (κ2) is 5.40. The molecular formula is C12H12N4O3S. The molecule has 0 amide bonds. The molecule has 0 unspecified atom stereocenters. The molecule has 1 aromatic carbocycles. The summed E-state index contributed by atoms with van der Waals surface area (Å²) in [5, 5.41) is 12.4. The molecule has 0 atom stereocenters. The summed E-state index contributed by atoms with van der Waals surface area (Å²) in [6.45, 7) is 3.20. The number of rotatable bonds is 4. The van der Waals surface area contributed by atoms with Crippen LogP contribution in [0.25, 0.3) is 0 Å². The molecule has 0 aliphatic rings. The number of hydrogen-bond acceptors (Lipinski definition) is 6. The largest absolute Gasteiger partial charge is 0.340 e. The second-order valence-corrected chi connectivity index (χ2v) is 5.88. The van der Waals surface area contributed by atoms with Gasteiger partial charge in [-0.15, -0.1) is 0 Å². The van der Waals surface area contributed by atoms with Crippen molar-refractivity contribution in [3.05, 3.63) is 41.0 Å². The van der Waals surface area contributed by atoms with Crippen molar-refractivity contribution in [2.24, 2.45) is 0 Å². The van der Waals surface area contributed by atoms with Gasteiger partial charge in [-0.05, 0) is 24.6 Å². The summed E-state index contributed by atoms with van der Waals surface area (Å²) in [5.41, 5.74) is 0.840. The van der Waals surface area contributed by atoms with Gasteiger partial charge in [0.2, 0.25) is 15.9 Å². The Labute approximate surface area is 116 Å². The summed E-state index contributed by atoms with van der Waals surface area (Å²) in [6.07, 6.45) is 0. The van der Waals surface area contributed by atoms with Gasteiger partial charge in [-0.3, -0.25) is 0 Å². The summed E-state index contributed by atoms with van der Waals surface area (Å²) in [5.74, 6) is 0.613. The zero-order valence-electron chi connectivity index (χ0n) is 10.9. The molecule has 1 heterocycles. The first-order valence-corrected chi connectivity index (χ1v) is 7.20. The van der Waals surface area contributed by atoms with Crippen LogP contribution in [0.1, 0.15) is 22.8 Å². The third-order valence-electron chi connectivity index (χ3n) is 2.60. The zero-order chi connectivity index (χ0) is 14.8. The SMILES string of the molecule is Cc1nc(CNS(=O)(=O)c2cc(C#N)ccc2C)no1. The fourth-order valence-corrected chi connectivity index (χ4v) is 2.86. The van der Waals surface area contributed by atoms with Crippen LogP contribution in [0.3, 0.4) is 0 Å². The van der Waals surface area contributed by atoms with E-state index >= 15 is 0 Å². The molecule has 7 nitrogen and oxygen atoms in total. The Morgan fingerprint density at radius 2 is 2.15 bits per heavy atom. The third kappa shape index (κ3) is 3.01. The van der Waals surface area contributed by atoms with Gasteiger partial charge < -0.3 is 4.52 Å². The van der Waals surface area contributed by atoms with Crippen LogP contribution in [0.5, 0.6) is 0 Å². The van der Waals surface area contributed by atoms with Gasteiger partial charge in [0, 0.05) is 6.92 Å². The van der Waals surface area contributed by atoms with E-state index in [1.54, 1.807) is 26.0 Å². The van der Waals surface area contributed by atoms with Gasteiger partial charge in [-0.1, -0.05) is 11.2 Å². The summed E-state index contributed by atoms with van der Waals surface area (Å²) >= 11 is 0. The Balaban J connectivity index is 2.24. The highest BCUT2D eigenvalue weighted by atomic mass is 32.2. The van der Waals surface area contributed by atoms with Crippen LogP contribution in [-0.4, -0.2) is 18.6 Å². The molecule has 104 valence electrons. The lowest BCUT2D eigenvalue weighted by Crippen LogP contribution is -2.24. The molecule has 0 spiro atoms. The fraction of sp³-hybridized carbons (Fsp3) is 0.250. The molecule has 0 fully saturated rings. The minimum atomic E-state index is -3.74. The first-order valence-electron chi connectivity index (χ1n) is 5.72. The van der Waals surface area contributed by atoms with Crippen LogP contribution >= 0.6 is 0 Å². The monoisotopic (exact) mass is 292 g/mol. The van der Waals surface area contributed by atoms with Crippen LogP contribution in [0.15, 0.2) is 27.6 Å². The molecule has 0 aliphatic carbocycles. The number of aromatic nitrogens is 2. The van der Waals surface area contributed by atoms with Crippen molar-refractivity contribution in [1.82, 2.24) is 14.9 Å². The minimum absolute atomic E-state index is 0.0665. The lowest BCUT2D eigenvalue weighted by molar-refractivity contribution is 0.387. The predicted molar refractivity (Wildman–Crippen MR) is 69.0 cm³/mol. The molecule has 0 bridgehead atoms. The lowest BCUT2D eigenvalue weighted by atomic mass is 10.2. The summed E-state index contributed by atoms with van der Waals surface area (Å²) in [7, 11) is -3.74. The highest BCUT2D eigenvalue weighted by Gasteiger charge is 2.18. The lowest BCUT2D eigenvalue weighted by Gasteiger charge is -2.08. The third-order valence-corrected chi connectivity index (χ3v) is 4.14. The first kappa shape index (κ1) is 14.2. The van der Waals surface area contributed by atoms with Gasteiger partial charge in [-0.25, -0.2) is 13.1 Å². The van der Waals surface area contributed by atoms with Crippen molar-refractivity contribution in [3.8, 4) is 6.07 Å².